The Hall–Kier alpha value is -2.08. The molecule has 0 aliphatic rings. The van der Waals surface area contributed by atoms with Crippen LogP contribution in [0.25, 0.3) is 0 Å². The minimum absolute atomic E-state index is 0.0929. The molecule has 3 N–H and O–H groups in total. The summed E-state index contributed by atoms with van der Waals surface area (Å²) < 4.78 is 0. The second-order valence-corrected chi connectivity index (χ2v) is 5.17. The molecule has 19 heavy (non-hydrogen) atoms. The first kappa shape index (κ1) is 13.4. The van der Waals surface area contributed by atoms with Crippen LogP contribution in [0.15, 0.2) is 41.0 Å². The summed E-state index contributed by atoms with van der Waals surface area (Å²) in [6.45, 7) is 0.868. The van der Waals surface area contributed by atoms with Crippen LogP contribution >= 0.6 is 11.3 Å². The number of amidine groups is 1. The fourth-order valence-electron chi connectivity index (χ4n) is 1.69. The van der Waals surface area contributed by atoms with Gasteiger partial charge in [-0.3, -0.25) is 0 Å². The molecule has 2 heterocycles. The number of hydrogen-bond donors (Lipinski definition) is 2. The Bertz CT molecular complexity index is 554. The molecule has 5 nitrogen and oxygen atoms in total. The highest BCUT2D eigenvalue weighted by atomic mass is 32.1. The van der Waals surface area contributed by atoms with Crippen molar-refractivity contribution in [2.75, 3.05) is 18.5 Å². The maximum Gasteiger partial charge on any atom is 0.170 e. The number of oxime groups is 1. The number of hydrogen-bond acceptors (Lipinski definition) is 5. The van der Waals surface area contributed by atoms with E-state index in [4.69, 9.17) is 10.9 Å². The van der Waals surface area contributed by atoms with Crippen LogP contribution in [0.1, 0.15) is 10.4 Å². The lowest BCUT2D eigenvalue weighted by Crippen LogP contribution is -2.22. The van der Waals surface area contributed by atoms with Crippen molar-refractivity contribution >= 4 is 23.0 Å². The molecule has 0 radical (unpaired) electrons. The van der Waals surface area contributed by atoms with Crippen molar-refractivity contribution in [3.8, 4) is 0 Å². The monoisotopic (exact) mass is 276 g/mol. The lowest BCUT2D eigenvalue weighted by atomic mass is 10.2. The second kappa shape index (κ2) is 6.19. The van der Waals surface area contributed by atoms with Crippen LogP contribution in [0.3, 0.4) is 0 Å². The molecule has 2 rings (SSSR count). The van der Waals surface area contributed by atoms with Crippen LogP contribution < -0.4 is 10.6 Å². The smallest absolute Gasteiger partial charge is 0.170 e. The number of rotatable bonds is 5. The van der Waals surface area contributed by atoms with Gasteiger partial charge in [0.25, 0.3) is 0 Å². The number of nitrogens with two attached hydrogens (primary N) is 1. The molecular formula is C13H16N4OS. The number of thiophene rings is 1. The van der Waals surface area contributed by atoms with Crippen LogP contribution in [0.4, 0.5) is 5.82 Å². The zero-order valence-electron chi connectivity index (χ0n) is 10.7. The zero-order valence-corrected chi connectivity index (χ0v) is 11.5. The molecule has 0 saturated heterocycles. The molecule has 0 spiro atoms. The first-order chi connectivity index (χ1) is 9.20. The van der Waals surface area contributed by atoms with E-state index in [2.05, 4.69) is 27.7 Å². The number of nitrogens with zero attached hydrogens (tertiary/aromatic N) is 3. The van der Waals surface area contributed by atoms with Gasteiger partial charge in [-0.15, -0.1) is 11.3 Å². The topological polar surface area (TPSA) is 74.7 Å². The molecule has 100 valence electrons. The summed E-state index contributed by atoms with van der Waals surface area (Å²) in [4.78, 5) is 7.69. The molecule has 6 heteroatoms. The Kier molecular flexibility index (Phi) is 4.35. The Labute approximate surface area is 116 Å². The molecule has 0 aliphatic heterocycles. The van der Waals surface area contributed by atoms with Gasteiger partial charge in [0.15, 0.2) is 5.84 Å². The van der Waals surface area contributed by atoms with Gasteiger partial charge in [0.2, 0.25) is 0 Å². The average molecular weight is 276 g/mol. The third-order valence-corrected chi connectivity index (χ3v) is 3.75. The standard InChI is InChI=1S/C13H16N4OS/c1-17(7-5-11-3-2-8-19-11)12-9-10(4-6-15-12)13(14)16-18/h2-4,6,8-9,18H,5,7H2,1H3,(H2,14,16). The van der Waals surface area contributed by atoms with Crippen molar-refractivity contribution in [3.05, 3.63) is 46.3 Å². The fraction of sp³-hybridized carbons (Fsp3) is 0.231. The van der Waals surface area contributed by atoms with Gasteiger partial charge in [-0.1, -0.05) is 11.2 Å². The summed E-state index contributed by atoms with van der Waals surface area (Å²) in [5, 5.41) is 13.7. The first-order valence-corrected chi connectivity index (χ1v) is 6.76. The predicted octanol–water partition coefficient (Wildman–Crippen LogP) is 1.92. The van der Waals surface area contributed by atoms with E-state index in [1.54, 1.807) is 23.6 Å². The van der Waals surface area contributed by atoms with Crippen LogP contribution in [-0.4, -0.2) is 29.6 Å². The van der Waals surface area contributed by atoms with E-state index in [0.717, 1.165) is 18.8 Å². The Morgan fingerprint density at radius 1 is 1.53 bits per heavy atom. The minimum Gasteiger partial charge on any atom is -0.409 e. The summed E-state index contributed by atoms with van der Waals surface area (Å²) in [7, 11) is 1.98. The van der Waals surface area contributed by atoms with Crippen molar-refractivity contribution in [2.45, 2.75) is 6.42 Å². The van der Waals surface area contributed by atoms with E-state index in [1.165, 1.54) is 4.88 Å². The van der Waals surface area contributed by atoms with Crippen LogP contribution in [-0.2, 0) is 6.42 Å². The third kappa shape index (κ3) is 3.45. The molecule has 0 bridgehead atoms. The van der Waals surface area contributed by atoms with Crippen molar-refractivity contribution in [1.82, 2.24) is 4.98 Å². The first-order valence-electron chi connectivity index (χ1n) is 5.88. The highest BCUT2D eigenvalue weighted by Crippen LogP contribution is 2.14. The van der Waals surface area contributed by atoms with E-state index in [-0.39, 0.29) is 5.84 Å². The van der Waals surface area contributed by atoms with Crippen LogP contribution in [0.2, 0.25) is 0 Å². The largest absolute Gasteiger partial charge is 0.409 e. The molecule has 0 saturated carbocycles. The van der Waals surface area contributed by atoms with E-state index >= 15 is 0 Å². The van der Waals surface area contributed by atoms with Gasteiger partial charge >= 0.3 is 0 Å². The van der Waals surface area contributed by atoms with Crippen molar-refractivity contribution in [1.29, 1.82) is 0 Å². The van der Waals surface area contributed by atoms with Crippen LogP contribution in [0, 0.1) is 0 Å². The average Bonchev–Trinajstić information content (AvgIpc) is 2.97. The van der Waals surface area contributed by atoms with E-state index in [9.17, 15) is 0 Å². The van der Waals surface area contributed by atoms with E-state index in [1.807, 2.05) is 18.0 Å². The molecular weight excluding hydrogens is 260 g/mol. The van der Waals surface area contributed by atoms with Gasteiger partial charge in [-0.2, -0.15) is 0 Å². The molecule has 0 fully saturated rings. The predicted molar refractivity (Wildman–Crippen MR) is 78.0 cm³/mol. The second-order valence-electron chi connectivity index (χ2n) is 4.14. The lowest BCUT2D eigenvalue weighted by Gasteiger charge is -2.18. The normalized spacial score (nSPS) is 11.5. The lowest BCUT2D eigenvalue weighted by molar-refractivity contribution is 0.318. The molecule has 0 atom stereocenters. The fourth-order valence-corrected chi connectivity index (χ4v) is 2.39. The van der Waals surface area contributed by atoms with Crippen molar-refractivity contribution in [3.63, 3.8) is 0 Å². The SMILES string of the molecule is CN(CCc1cccs1)c1cc(C(N)=NO)ccn1. The number of likely N-dealkylation sites (N-methyl/N-ethyl adjacent to an activating group) is 1. The molecule has 0 aliphatic carbocycles. The van der Waals surface area contributed by atoms with Crippen molar-refractivity contribution in [2.24, 2.45) is 10.9 Å². The maximum absolute atomic E-state index is 8.68. The van der Waals surface area contributed by atoms with Gasteiger partial charge in [-0.25, -0.2) is 4.98 Å². The molecule has 2 aromatic rings. The molecule has 2 aromatic heterocycles. The quantitative estimate of drug-likeness (QED) is 0.379. The molecule has 0 aromatic carbocycles. The summed E-state index contributed by atoms with van der Waals surface area (Å²) in [6.07, 6.45) is 2.63. The van der Waals surface area contributed by atoms with Gasteiger partial charge < -0.3 is 15.8 Å². The van der Waals surface area contributed by atoms with Gasteiger partial charge in [0.05, 0.1) is 0 Å². The summed E-state index contributed by atoms with van der Waals surface area (Å²) in [6, 6.07) is 7.70. The zero-order chi connectivity index (χ0) is 13.7. The highest BCUT2D eigenvalue weighted by molar-refractivity contribution is 7.09. The summed E-state index contributed by atoms with van der Waals surface area (Å²) in [5.41, 5.74) is 6.23. The van der Waals surface area contributed by atoms with Gasteiger partial charge in [0, 0.05) is 30.2 Å². The molecule has 0 unspecified atom stereocenters. The number of aromatic nitrogens is 1. The Morgan fingerprint density at radius 3 is 3.05 bits per heavy atom. The third-order valence-electron chi connectivity index (χ3n) is 2.81. The van der Waals surface area contributed by atoms with Gasteiger partial charge in [0.1, 0.15) is 5.82 Å². The Balaban J connectivity index is 2.04. The molecule has 0 amide bonds. The van der Waals surface area contributed by atoms with E-state index < -0.39 is 0 Å². The number of anilines is 1. The van der Waals surface area contributed by atoms with E-state index in [0.29, 0.717) is 5.56 Å². The summed E-state index contributed by atoms with van der Waals surface area (Å²) in [5.74, 6) is 0.899. The number of pyridine rings is 1. The minimum atomic E-state index is 0.0929. The maximum atomic E-state index is 8.68. The Morgan fingerprint density at radius 2 is 2.37 bits per heavy atom. The van der Waals surface area contributed by atoms with Crippen molar-refractivity contribution < 1.29 is 5.21 Å². The van der Waals surface area contributed by atoms with Gasteiger partial charge in [-0.05, 0) is 30.0 Å². The summed E-state index contributed by atoms with van der Waals surface area (Å²) >= 11 is 1.75. The highest BCUT2D eigenvalue weighted by Gasteiger charge is 2.06. The van der Waals surface area contributed by atoms with Crippen LogP contribution in [0.5, 0.6) is 0 Å².